The van der Waals surface area contributed by atoms with Gasteiger partial charge in [-0.2, -0.15) is 13.2 Å². The van der Waals surface area contributed by atoms with Crippen molar-refractivity contribution < 1.29 is 22.7 Å². The van der Waals surface area contributed by atoms with E-state index in [9.17, 15) is 18.0 Å². The van der Waals surface area contributed by atoms with Gasteiger partial charge < -0.3 is 9.64 Å². The molecule has 0 fully saturated rings. The van der Waals surface area contributed by atoms with Crippen LogP contribution in [0.1, 0.15) is 19.4 Å². The second-order valence-corrected chi connectivity index (χ2v) is 5.57. The summed E-state index contributed by atoms with van der Waals surface area (Å²) in [4.78, 5) is 12.4. The second kappa shape index (κ2) is 6.64. The fraction of sp³-hybridized carbons (Fsp3) is 0.400. The van der Waals surface area contributed by atoms with Crippen molar-refractivity contribution in [3.63, 3.8) is 0 Å². The van der Waals surface area contributed by atoms with Crippen LogP contribution in [0.25, 0.3) is 0 Å². The highest BCUT2D eigenvalue weighted by Crippen LogP contribution is 2.45. The molecule has 0 bridgehead atoms. The van der Waals surface area contributed by atoms with Gasteiger partial charge in [-0.15, -0.1) is 0 Å². The molecule has 0 saturated carbocycles. The van der Waals surface area contributed by atoms with Crippen molar-refractivity contribution in [3.05, 3.63) is 40.4 Å². The molecule has 7 heteroatoms. The lowest BCUT2D eigenvalue weighted by Gasteiger charge is -2.21. The van der Waals surface area contributed by atoms with Crippen LogP contribution >= 0.6 is 11.8 Å². The van der Waals surface area contributed by atoms with E-state index in [0.717, 1.165) is 12.0 Å². The lowest BCUT2D eigenvalue weighted by Crippen LogP contribution is -2.27. The van der Waals surface area contributed by atoms with Gasteiger partial charge in [-0.05, 0) is 31.0 Å². The number of halogens is 3. The molecule has 0 radical (unpaired) electrons. The molecule has 1 aromatic carbocycles. The molecule has 0 N–H and O–H groups in total. The molecule has 0 amide bonds. The van der Waals surface area contributed by atoms with E-state index in [1.165, 1.54) is 4.90 Å². The number of nitrogens with zero attached hydrogens (tertiary/aromatic N) is 1. The van der Waals surface area contributed by atoms with Crippen LogP contribution in [0.5, 0.6) is 0 Å². The number of benzene rings is 1. The lowest BCUT2D eigenvalue weighted by molar-refractivity contribution is -0.139. The van der Waals surface area contributed by atoms with E-state index in [4.69, 9.17) is 4.74 Å². The SMILES string of the molecule is CCOC(=O)C1=C(C(F)(F)F)SCN1c1ccc(CC)cc1. The van der Waals surface area contributed by atoms with Crippen LogP contribution in [0, 0.1) is 0 Å². The molecule has 1 aromatic rings. The predicted octanol–water partition coefficient (Wildman–Crippen LogP) is 4.10. The summed E-state index contributed by atoms with van der Waals surface area (Å²) in [5, 5.41) is 0. The van der Waals surface area contributed by atoms with Crippen molar-refractivity contribution >= 4 is 23.4 Å². The molecule has 0 atom stereocenters. The number of ether oxygens (including phenoxy) is 1. The summed E-state index contributed by atoms with van der Waals surface area (Å²) in [6.45, 7) is 3.58. The lowest BCUT2D eigenvalue weighted by atomic mass is 10.1. The van der Waals surface area contributed by atoms with Gasteiger partial charge in [0.2, 0.25) is 0 Å². The van der Waals surface area contributed by atoms with Gasteiger partial charge in [-0.3, -0.25) is 0 Å². The molecule has 1 aliphatic rings. The first kappa shape index (κ1) is 16.7. The predicted molar refractivity (Wildman–Crippen MR) is 80.5 cm³/mol. The van der Waals surface area contributed by atoms with E-state index in [0.29, 0.717) is 17.4 Å². The third-order valence-electron chi connectivity index (χ3n) is 3.21. The van der Waals surface area contributed by atoms with Gasteiger partial charge >= 0.3 is 12.1 Å². The van der Waals surface area contributed by atoms with E-state index in [1.807, 2.05) is 19.1 Å². The minimum absolute atomic E-state index is 0.0285. The Labute approximate surface area is 131 Å². The molecule has 0 unspecified atom stereocenters. The van der Waals surface area contributed by atoms with E-state index >= 15 is 0 Å². The van der Waals surface area contributed by atoms with Gasteiger partial charge in [0, 0.05) is 5.69 Å². The highest BCUT2D eigenvalue weighted by molar-refractivity contribution is 8.03. The number of allylic oxidation sites excluding steroid dienone is 1. The van der Waals surface area contributed by atoms with Gasteiger partial charge in [0.25, 0.3) is 0 Å². The molecule has 22 heavy (non-hydrogen) atoms. The molecule has 1 aliphatic heterocycles. The molecule has 0 saturated heterocycles. The third kappa shape index (κ3) is 3.40. The minimum atomic E-state index is -4.56. The summed E-state index contributed by atoms with van der Waals surface area (Å²) in [5.41, 5.74) is 1.20. The van der Waals surface area contributed by atoms with E-state index in [-0.39, 0.29) is 12.5 Å². The highest BCUT2D eigenvalue weighted by atomic mass is 32.2. The fourth-order valence-electron chi connectivity index (χ4n) is 2.12. The smallest absolute Gasteiger partial charge is 0.424 e. The number of aryl methyl sites for hydroxylation is 1. The van der Waals surface area contributed by atoms with Gasteiger partial charge in [-0.25, -0.2) is 4.79 Å². The summed E-state index contributed by atoms with van der Waals surface area (Å²) in [6, 6.07) is 7.12. The maximum absolute atomic E-state index is 13.1. The summed E-state index contributed by atoms with van der Waals surface area (Å²) >= 11 is 0.604. The zero-order valence-electron chi connectivity index (χ0n) is 12.2. The number of carbonyl (C=O) groups excluding carboxylic acids is 1. The summed E-state index contributed by atoms with van der Waals surface area (Å²) in [7, 11) is 0. The number of anilines is 1. The third-order valence-corrected chi connectivity index (χ3v) is 4.31. The Bertz CT molecular complexity index is 581. The monoisotopic (exact) mass is 331 g/mol. The number of thioether (sulfide) groups is 1. The second-order valence-electron chi connectivity index (χ2n) is 4.62. The topological polar surface area (TPSA) is 29.5 Å². The van der Waals surface area contributed by atoms with E-state index in [1.54, 1.807) is 19.1 Å². The molecule has 1 heterocycles. The van der Waals surface area contributed by atoms with Crippen LogP contribution in [-0.4, -0.2) is 24.6 Å². The number of hydrogen-bond donors (Lipinski definition) is 0. The van der Waals surface area contributed by atoms with Crippen LogP contribution in [0.2, 0.25) is 0 Å². The van der Waals surface area contributed by atoms with E-state index < -0.39 is 22.7 Å². The quantitative estimate of drug-likeness (QED) is 0.777. The van der Waals surface area contributed by atoms with Gasteiger partial charge in [-0.1, -0.05) is 30.8 Å². The molecule has 0 spiro atoms. The van der Waals surface area contributed by atoms with Crippen molar-refractivity contribution in [1.29, 1.82) is 0 Å². The zero-order valence-corrected chi connectivity index (χ0v) is 13.1. The van der Waals surface area contributed by atoms with Crippen molar-refractivity contribution in [1.82, 2.24) is 0 Å². The number of rotatable bonds is 4. The van der Waals surface area contributed by atoms with Crippen molar-refractivity contribution in [2.75, 3.05) is 17.4 Å². The normalized spacial score (nSPS) is 15.4. The molecule has 2 rings (SSSR count). The minimum Gasteiger partial charge on any atom is -0.461 e. The Balaban J connectivity index is 2.41. The molecular weight excluding hydrogens is 315 g/mol. The van der Waals surface area contributed by atoms with Crippen molar-refractivity contribution in [2.45, 2.75) is 26.4 Å². The average molecular weight is 331 g/mol. The van der Waals surface area contributed by atoms with Crippen LogP contribution in [0.15, 0.2) is 34.9 Å². The highest BCUT2D eigenvalue weighted by Gasteiger charge is 2.45. The van der Waals surface area contributed by atoms with Gasteiger partial charge in [0.15, 0.2) is 0 Å². The maximum atomic E-state index is 13.1. The fourth-order valence-corrected chi connectivity index (χ4v) is 3.15. The first-order valence-corrected chi connectivity index (χ1v) is 7.84. The molecule has 0 aromatic heterocycles. The van der Waals surface area contributed by atoms with Crippen molar-refractivity contribution in [3.8, 4) is 0 Å². The Kier molecular flexibility index (Phi) is 5.05. The number of esters is 1. The average Bonchev–Trinajstić information content (AvgIpc) is 2.92. The Morgan fingerprint density at radius 3 is 2.41 bits per heavy atom. The first-order chi connectivity index (χ1) is 10.4. The summed E-state index contributed by atoms with van der Waals surface area (Å²) in [5.74, 6) is -0.909. The van der Waals surface area contributed by atoms with Crippen LogP contribution < -0.4 is 4.90 Å². The van der Waals surface area contributed by atoms with Gasteiger partial charge in [0.05, 0.1) is 12.5 Å². The molecular formula is C15H16F3NO2S. The summed E-state index contributed by atoms with van der Waals surface area (Å²) < 4.78 is 44.1. The largest absolute Gasteiger partial charge is 0.461 e. The molecule has 120 valence electrons. The molecule has 3 nitrogen and oxygen atoms in total. The van der Waals surface area contributed by atoms with E-state index in [2.05, 4.69) is 0 Å². The number of alkyl halides is 3. The first-order valence-electron chi connectivity index (χ1n) is 6.86. The zero-order chi connectivity index (χ0) is 16.3. The van der Waals surface area contributed by atoms with Crippen LogP contribution in [-0.2, 0) is 16.0 Å². The Hall–Kier alpha value is -1.63. The van der Waals surface area contributed by atoms with Crippen LogP contribution in [0.4, 0.5) is 18.9 Å². The van der Waals surface area contributed by atoms with Gasteiger partial charge in [0.1, 0.15) is 10.6 Å². The molecule has 0 aliphatic carbocycles. The number of hydrogen-bond acceptors (Lipinski definition) is 4. The Morgan fingerprint density at radius 1 is 1.27 bits per heavy atom. The maximum Gasteiger partial charge on any atom is 0.424 e. The Morgan fingerprint density at radius 2 is 1.91 bits per heavy atom. The summed E-state index contributed by atoms with van der Waals surface area (Å²) in [6.07, 6.45) is -3.73. The standard InChI is InChI=1S/C15H16F3NO2S/c1-3-10-5-7-11(8-6-10)19-9-22-13(15(16,17)18)12(19)14(20)21-4-2/h5-8H,3-4,9H2,1-2H3. The van der Waals surface area contributed by atoms with Crippen LogP contribution in [0.3, 0.4) is 0 Å². The van der Waals surface area contributed by atoms with Crippen molar-refractivity contribution in [2.24, 2.45) is 0 Å². The number of carbonyl (C=O) groups is 1.